The molecule has 9 aromatic rings. The summed E-state index contributed by atoms with van der Waals surface area (Å²) in [5.41, 5.74) is 23.4. The molecule has 0 atom stereocenters. The third-order valence-corrected chi connectivity index (χ3v) is 13.4. The van der Waals surface area contributed by atoms with Gasteiger partial charge >= 0.3 is 0 Å². The molecule has 0 bridgehead atoms. The van der Waals surface area contributed by atoms with Gasteiger partial charge in [0, 0.05) is 22.2 Å². The standard InChI is InChI=1S/C58H41N/c1-57(2)48-28-13-12-26-47(48)55-52(57)32-18-33-53(55)59(42-36-40(38-19-5-3-6-20-38)35-41(37-42)39-21-7-4-8-22-39)54-34-17-27-46-45-25-11-16-31-51(45)58(56(46)54)49-29-14-9-23-43(49)44-24-10-15-30-50(44)58/h3-37H,1-2H3. The first kappa shape index (κ1) is 33.9. The van der Waals surface area contributed by atoms with Gasteiger partial charge in [-0.2, -0.15) is 0 Å². The van der Waals surface area contributed by atoms with E-state index in [2.05, 4.69) is 231 Å². The first-order valence-corrected chi connectivity index (χ1v) is 20.8. The average Bonchev–Trinajstić information content (AvgIpc) is 3.86. The predicted molar refractivity (Wildman–Crippen MR) is 246 cm³/mol. The highest BCUT2D eigenvalue weighted by Gasteiger charge is 2.53. The molecule has 3 aliphatic carbocycles. The molecular formula is C58H41N. The molecule has 0 N–H and O–H groups in total. The predicted octanol–water partition coefficient (Wildman–Crippen LogP) is 15.1. The Morgan fingerprint density at radius 1 is 0.322 bits per heavy atom. The normalized spacial score (nSPS) is 14.2. The first-order valence-electron chi connectivity index (χ1n) is 20.8. The summed E-state index contributed by atoms with van der Waals surface area (Å²) < 4.78 is 0. The van der Waals surface area contributed by atoms with Crippen LogP contribution in [0.25, 0.3) is 55.6 Å². The van der Waals surface area contributed by atoms with Crippen molar-refractivity contribution in [1.82, 2.24) is 0 Å². The molecule has 1 heteroatoms. The van der Waals surface area contributed by atoms with Gasteiger partial charge in [0.25, 0.3) is 0 Å². The summed E-state index contributed by atoms with van der Waals surface area (Å²) in [6, 6.07) is 79.4. The van der Waals surface area contributed by atoms with E-state index in [1.807, 2.05) is 0 Å². The van der Waals surface area contributed by atoms with Crippen LogP contribution in [-0.2, 0) is 10.8 Å². The summed E-state index contributed by atoms with van der Waals surface area (Å²) in [5.74, 6) is 0. The Morgan fingerprint density at radius 2 is 0.746 bits per heavy atom. The lowest BCUT2D eigenvalue weighted by Gasteiger charge is -2.37. The van der Waals surface area contributed by atoms with E-state index in [4.69, 9.17) is 0 Å². The molecule has 0 aromatic heterocycles. The van der Waals surface area contributed by atoms with Crippen LogP contribution in [0.4, 0.5) is 17.1 Å². The molecule has 0 saturated heterocycles. The fourth-order valence-corrected chi connectivity index (χ4v) is 11.0. The summed E-state index contributed by atoms with van der Waals surface area (Å²) in [6.07, 6.45) is 0. The molecule has 1 spiro atoms. The second kappa shape index (κ2) is 12.6. The third kappa shape index (κ3) is 4.67. The Kier molecular flexibility index (Phi) is 7.26. The molecule has 0 heterocycles. The van der Waals surface area contributed by atoms with E-state index >= 15 is 0 Å². The molecule has 3 aliphatic rings. The second-order valence-corrected chi connectivity index (χ2v) is 16.8. The van der Waals surface area contributed by atoms with Gasteiger partial charge in [-0.3, -0.25) is 0 Å². The van der Waals surface area contributed by atoms with E-state index in [-0.39, 0.29) is 5.41 Å². The van der Waals surface area contributed by atoms with Crippen molar-refractivity contribution < 1.29 is 0 Å². The van der Waals surface area contributed by atoms with Gasteiger partial charge < -0.3 is 4.90 Å². The highest BCUT2D eigenvalue weighted by Crippen LogP contribution is 2.66. The number of hydrogen-bond donors (Lipinski definition) is 0. The number of benzene rings is 9. The Morgan fingerprint density at radius 3 is 1.32 bits per heavy atom. The van der Waals surface area contributed by atoms with Crippen molar-refractivity contribution in [3.05, 3.63) is 246 Å². The first-order chi connectivity index (χ1) is 29.0. The van der Waals surface area contributed by atoms with Gasteiger partial charge in [0.05, 0.1) is 16.8 Å². The Balaban J connectivity index is 1.24. The molecule has 0 aliphatic heterocycles. The molecule has 59 heavy (non-hydrogen) atoms. The van der Waals surface area contributed by atoms with Crippen LogP contribution in [0.15, 0.2) is 212 Å². The van der Waals surface area contributed by atoms with Crippen LogP contribution in [0, 0.1) is 0 Å². The maximum absolute atomic E-state index is 2.62. The Bertz CT molecular complexity index is 3010. The molecule has 0 amide bonds. The average molecular weight is 752 g/mol. The van der Waals surface area contributed by atoms with Crippen molar-refractivity contribution in [2.45, 2.75) is 24.7 Å². The fourth-order valence-electron chi connectivity index (χ4n) is 11.0. The van der Waals surface area contributed by atoms with Crippen LogP contribution in [0.2, 0.25) is 0 Å². The van der Waals surface area contributed by atoms with Crippen molar-refractivity contribution in [1.29, 1.82) is 0 Å². The zero-order chi connectivity index (χ0) is 39.3. The van der Waals surface area contributed by atoms with Gasteiger partial charge in [-0.15, -0.1) is 0 Å². The van der Waals surface area contributed by atoms with Gasteiger partial charge in [0.2, 0.25) is 0 Å². The van der Waals surface area contributed by atoms with Gasteiger partial charge in [-0.05, 0) is 108 Å². The summed E-state index contributed by atoms with van der Waals surface area (Å²) in [7, 11) is 0. The number of rotatable bonds is 5. The van der Waals surface area contributed by atoms with Crippen LogP contribution in [-0.4, -0.2) is 0 Å². The van der Waals surface area contributed by atoms with Crippen LogP contribution < -0.4 is 4.90 Å². The number of anilines is 3. The van der Waals surface area contributed by atoms with E-state index in [1.165, 1.54) is 100 Å². The Labute approximate surface area is 346 Å². The van der Waals surface area contributed by atoms with Crippen molar-refractivity contribution in [3.8, 4) is 55.6 Å². The lowest BCUT2D eigenvalue weighted by molar-refractivity contribution is 0.660. The number of fused-ring (bicyclic) bond motifs is 13. The third-order valence-electron chi connectivity index (χ3n) is 13.4. The molecule has 0 unspecified atom stereocenters. The minimum absolute atomic E-state index is 0.159. The smallest absolute Gasteiger partial charge is 0.0746 e. The maximum atomic E-state index is 2.62. The van der Waals surface area contributed by atoms with Crippen molar-refractivity contribution in [2.75, 3.05) is 4.90 Å². The molecule has 12 rings (SSSR count). The van der Waals surface area contributed by atoms with Crippen molar-refractivity contribution >= 4 is 17.1 Å². The molecule has 278 valence electrons. The largest absolute Gasteiger partial charge is 0.309 e. The lowest BCUT2D eigenvalue weighted by Crippen LogP contribution is -2.28. The summed E-state index contributed by atoms with van der Waals surface area (Å²) in [6.45, 7) is 4.77. The quantitative estimate of drug-likeness (QED) is 0.169. The molecule has 0 fully saturated rings. The van der Waals surface area contributed by atoms with Crippen LogP contribution in [0.5, 0.6) is 0 Å². The molecule has 1 nitrogen and oxygen atoms in total. The summed E-state index contributed by atoms with van der Waals surface area (Å²) in [4.78, 5) is 2.62. The maximum Gasteiger partial charge on any atom is 0.0746 e. The molecule has 0 radical (unpaired) electrons. The topological polar surface area (TPSA) is 3.24 Å². The summed E-state index contributed by atoms with van der Waals surface area (Å²) in [5, 5.41) is 0. The van der Waals surface area contributed by atoms with E-state index in [1.54, 1.807) is 0 Å². The minimum atomic E-state index is -0.525. The summed E-state index contributed by atoms with van der Waals surface area (Å²) >= 11 is 0. The zero-order valence-electron chi connectivity index (χ0n) is 33.2. The second-order valence-electron chi connectivity index (χ2n) is 16.8. The zero-order valence-corrected chi connectivity index (χ0v) is 33.2. The SMILES string of the molecule is CC1(C)c2ccccc2-c2c(N(c3cc(-c4ccccc4)cc(-c4ccccc4)c3)c3cccc4c3C3(c5ccccc5-c5ccccc53)c3ccccc3-4)cccc21. The van der Waals surface area contributed by atoms with E-state index in [0.717, 1.165) is 5.69 Å². The van der Waals surface area contributed by atoms with Crippen LogP contribution in [0.1, 0.15) is 47.2 Å². The molecule has 0 saturated carbocycles. The molecular weight excluding hydrogens is 711 g/mol. The van der Waals surface area contributed by atoms with E-state index < -0.39 is 5.41 Å². The van der Waals surface area contributed by atoms with Crippen LogP contribution in [0.3, 0.4) is 0 Å². The number of nitrogens with zero attached hydrogens (tertiary/aromatic N) is 1. The number of hydrogen-bond acceptors (Lipinski definition) is 1. The van der Waals surface area contributed by atoms with Gasteiger partial charge in [0.15, 0.2) is 0 Å². The highest BCUT2D eigenvalue weighted by atomic mass is 15.2. The van der Waals surface area contributed by atoms with E-state index in [0.29, 0.717) is 0 Å². The van der Waals surface area contributed by atoms with Crippen molar-refractivity contribution in [3.63, 3.8) is 0 Å². The van der Waals surface area contributed by atoms with Gasteiger partial charge in [-0.25, -0.2) is 0 Å². The fraction of sp³-hybridized carbons (Fsp3) is 0.0690. The Hall–Kier alpha value is -7.22. The molecule has 9 aromatic carbocycles. The van der Waals surface area contributed by atoms with Gasteiger partial charge in [0.1, 0.15) is 0 Å². The van der Waals surface area contributed by atoms with Crippen LogP contribution >= 0.6 is 0 Å². The van der Waals surface area contributed by atoms with Gasteiger partial charge in [-0.1, -0.05) is 196 Å². The van der Waals surface area contributed by atoms with Crippen molar-refractivity contribution in [2.24, 2.45) is 0 Å². The monoisotopic (exact) mass is 751 g/mol. The lowest BCUT2D eigenvalue weighted by atomic mass is 9.70. The minimum Gasteiger partial charge on any atom is -0.309 e. The highest BCUT2D eigenvalue weighted by molar-refractivity contribution is 6.02. The van der Waals surface area contributed by atoms with E-state index in [9.17, 15) is 0 Å².